The second-order valence-corrected chi connectivity index (χ2v) is 9.77. The van der Waals surface area contributed by atoms with Gasteiger partial charge in [-0.05, 0) is 43.2 Å². The number of aromatic nitrogens is 2. The maximum atomic E-state index is 13.8. The van der Waals surface area contributed by atoms with Gasteiger partial charge in [0.25, 0.3) is 11.8 Å². The van der Waals surface area contributed by atoms with E-state index in [1.54, 1.807) is 29.3 Å². The summed E-state index contributed by atoms with van der Waals surface area (Å²) in [4.78, 5) is 45.1. The number of carbonyl (C=O) groups is 3. The van der Waals surface area contributed by atoms with Gasteiger partial charge in [0.1, 0.15) is 18.6 Å². The van der Waals surface area contributed by atoms with Crippen molar-refractivity contribution in [3.63, 3.8) is 0 Å². The van der Waals surface area contributed by atoms with Crippen molar-refractivity contribution in [1.82, 2.24) is 24.9 Å². The number of hydrogen-bond acceptors (Lipinski definition) is 5. The number of hydrogen-bond donors (Lipinski definition) is 1. The number of likely N-dealkylation sites (N-methyl/N-ethyl adjacent to an activating group) is 1. The third-order valence-electron chi connectivity index (χ3n) is 7.32. The van der Waals surface area contributed by atoms with E-state index in [2.05, 4.69) is 10.2 Å². The number of carbonyl (C=O) groups excluding carboxylic acids is 3. The average molecular weight is 529 g/mol. The number of anilines is 1. The Morgan fingerprint density at radius 3 is 2.50 bits per heavy atom. The van der Waals surface area contributed by atoms with Gasteiger partial charge in [-0.25, -0.2) is 0 Å². The monoisotopic (exact) mass is 528 g/mol. The Morgan fingerprint density at radius 2 is 1.82 bits per heavy atom. The zero-order chi connectivity index (χ0) is 27.1. The lowest BCUT2D eigenvalue weighted by Gasteiger charge is -2.43. The van der Waals surface area contributed by atoms with Gasteiger partial charge in [0, 0.05) is 36.8 Å². The first kappa shape index (κ1) is 25.6. The number of aromatic amines is 1. The molecule has 2 aliphatic heterocycles. The van der Waals surface area contributed by atoms with Crippen molar-refractivity contribution in [3.05, 3.63) is 60.3 Å². The van der Waals surface area contributed by atoms with E-state index in [4.69, 9.17) is 0 Å². The molecule has 0 aliphatic carbocycles. The van der Waals surface area contributed by atoms with Crippen molar-refractivity contribution >= 4 is 34.3 Å². The molecule has 3 aromatic rings. The third kappa shape index (κ3) is 4.77. The Bertz CT molecular complexity index is 1350. The van der Waals surface area contributed by atoms with Gasteiger partial charge >= 0.3 is 6.18 Å². The molecule has 0 radical (unpaired) electrons. The van der Waals surface area contributed by atoms with Crippen LogP contribution < -0.4 is 4.90 Å². The molecule has 1 aromatic heterocycles. The van der Waals surface area contributed by atoms with Crippen molar-refractivity contribution in [2.45, 2.75) is 24.6 Å². The summed E-state index contributed by atoms with van der Waals surface area (Å²) in [6.07, 6.45) is -2.24. The third-order valence-corrected chi connectivity index (χ3v) is 7.32. The molecule has 3 heterocycles. The van der Waals surface area contributed by atoms with E-state index >= 15 is 0 Å². The Morgan fingerprint density at radius 1 is 1.11 bits per heavy atom. The molecule has 1 spiro atoms. The second-order valence-electron chi connectivity index (χ2n) is 9.77. The number of rotatable bonds is 5. The molecule has 3 amide bonds. The van der Waals surface area contributed by atoms with Crippen molar-refractivity contribution in [1.29, 1.82) is 0 Å². The molecule has 38 heavy (non-hydrogen) atoms. The number of benzene rings is 2. The van der Waals surface area contributed by atoms with E-state index in [1.807, 2.05) is 35.2 Å². The van der Waals surface area contributed by atoms with E-state index in [1.165, 1.54) is 4.90 Å². The van der Waals surface area contributed by atoms with Crippen LogP contribution in [0.3, 0.4) is 0 Å². The van der Waals surface area contributed by atoms with Gasteiger partial charge in [0.05, 0.1) is 18.4 Å². The Hall–Kier alpha value is -4.09. The molecule has 0 bridgehead atoms. The van der Waals surface area contributed by atoms with E-state index in [-0.39, 0.29) is 18.5 Å². The molecule has 0 unspecified atom stereocenters. The first-order valence-corrected chi connectivity index (χ1v) is 12.2. The lowest BCUT2D eigenvalue weighted by Crippen LogP contribution is -2.57. The molecule has 0 atom stereocenters. The van der Waals surface area contributed by atoms with Crippen molar-refractivity contribution in [2.75, 3.05) is 44.8 Å². The van der Waals surface area contributed by atoms with Crippen LogP contribution in [-0.4, -0.2) is 94.2 Å². The Labute approximate surface area is 216 Å². The number of piperidine rings is 1. The number of alkyl halides is 3. The number of likely N-dealkylation sites (tertiary alicyclic amines) is 1. The fourth-order valence-corrected chi connectivity index (χ4v) is 5.30. The molecule has 2 aliphatic rings. The zero-order valence-corrected chi connectivity index (χ0v) is 20.7. The largest absolute Gasteiger partial charge is 0.406 e. The molecule has 2 fully saturated rings. The van der Waals surface area contributed by atoms with E-state index in [0.29, 0.717) is 36.4 Å². The maximum Gasteiger partial charge on any atom is 0.406 e. The first-order valence-electron chi connectivity index (χ1n) is 12.2. The number of halogens is 3. The zero-order valence-electron chi connectivity index (χ0n) is 20.7. The van der Waals surface area contributed by atoms with E-state index in [0.717, 1.165) is 23.6 Å². The standard InChI is InChI=1S/C26H27F3N6O3/c1-32(16-26(27,28)29)22(36)15-34-17-35(20-5-3-2-4-6-20)25(24(34)38)9-11-33(12-10-25)23(37)18-7-8-21-19(13-18)14-30-31-21/h2-8,13-14H,9-12,15-17H2,1H3,(H,30,31). The number of amides is 3. The van der Waals surface area contributed by atoms with Gasteiger partial charge in [-0.2, -0.15) is 18.3 Å². The summed E-state index contributed by atoms with van der Waals surface area (Å²) in [5, 5.41) is 7.66. The smallest absolute Gasteiger partial charge is 0.339 e. The minimum Gasteiger partial charge on any atom is -0.339 e. The normalized spacial score (nSPS) is 17.5. The van der Waals surface area contributed by atoms with Gasteiger partial charge in [-0.1, -0.05) is 18.2 Å². The summed E-state index contributed by atoms with van der Waals surface area (Å²) in [5.74, 6) is -1.26. The highest BCUT2D eigenvalue weighted by Gasteiger charge is 2.54. The average Bonchev–Trinajstić information content (AvgIpc) is 3.47. The molecule has 1 N–H and O–H groups in total. The van der Waals surface area contributed by atoms with Gasteiger partial charge < -0.3 is 19.6 Å². The lowest BCUT2D eigenvalue weighted by molar-refractivity contribution is -0.159. The molecular weight excluding hydrogens is 501 g/mol. The quantitative estimate of drug-likeness (QED) is 0.550. The number of H-pyrrole nitrogens is 1. The minimum absolute atomic E-state index is 0.0690. The molecule has 2 aromatic carbocycles. The maximum absolute atomic E-state index is 13.8. The van der Waals surface area contributed by atoms with Crippen LogP contribution >= 0.6 is 0 Å². The molecule has 9 nitrogen and oxygen atoms in total. The molecule has 12 heteroatoms. The van der Waals surface area contributed by atoms with Crippen LogP contribution in [0.15, 0.2) is 54.7 Å². The summed E-state index contributed by atoms with van der Waals surface area (Å²) in [6, 6.07) is 14.5. The van der Waals surface area contributed by atoms with Crippen molar-refractivity contribution in [2.24, 2.45) is 0 Å². The number of fused-ring (bicyclic) bond motifs is 1. The highest BCUT2D eigenvalue weighted by Crippen LogP contribution is 2.39. The van der Waals surface area contributed by atoms with Crippen LogP contribution in [0.2, 0.25) is 0 Å². The highest BCUT2D eigenvalue weighted by atomic mass is 19.4. The summed E-state index contributed by atoms with van der Waals surface area (Å²) in [5.41, 5.74) is 1.11. The van der Waals surface area contributed by atoms with Gasteiger partial charge in [0.15, 0.2) is 0 Å². The lowest BCUT2D eigenvalue weighted by atomic mass is 9.85. The van der Waals surface area contributed by atoms with E-state index in [9.17, 15) is 27.6 Å². The van der Waals surface area contributed by atoms with Crippen LogP contribution in [-0.2, 0) is 9.59 Å². The van der Waals surface area contributed by atoms with Gasteiger partial charge in [-0.15, -0.1) is 0 Å². The Kier molecular flexibility index (Phi) is 6.49. The minimum atomic E-state index is -4.53. The summed E-state index contributed by atoms with van der Waals surface area (Å²) < 4.78 is 38.4. The summed E-state index contributed by atoms with van der Waals surface area (Å²) in [7, 11) is 1.08. The fraction of sp³-hybridized carbons (Fsp3) is 0.385. The predicted octanol–water partition coefficient (Wildman–Crippen LogP) is 2.86. The van der Waals surface area contributed by atoms with Crippen LogP contribution in [0.25, 0.3) is 10.9 Å². The fourth-order valence-electron chi connectivity index (χ4n) is 5.30. The summed E-state index contributed by atoms with van der Waals surface area (Å²) in [6.45, 7) is -1.15. The topological polar surface area (TPSA) is 92.8 Å². The molecule has 5 rings (SSSR count). The van der Waals surface area contributed by atoms with Crippen molar-refractivity contribution < 1.29 is 27.6 Å². The van der Waals surface area contributed by atoms with E-state index < -0.39 is 30.7 Å². The number of nitrogens with one attached hydrogen (secondary N) is 1. The Balaban J connectivity index is 1.34. The predicted molar refractivity (Wildman–Crippen MR) is 133 cm³/mol. The first-order chi connectivity index (χ1) is 18.1. The van der Waals surface area contributed by atoms with Crippen LogP contribution in [0.1, 0.15) is 23.2 Å². The number of para-hydroxylation sites is 1. The highest BCUT2D eigenvalue weighted by molar-refractivity contribution is 5.99. The second kappa shape index (κ2) is 9.66. The molecular formula is C26H27F3N6O3. The SMILES string of the molecule is CN(CC(F)(F)F)C(=O)CN1CN(c2ccccc2)C2(CCN(C(=O)c3ccc4[nH]ncc4c3)CC2)C1=O. The summed E-state index contributed by atoms with van der Waals surface area (Å²) >= 11 is 0. The number of nitrogens with zero attached hydrogens (tertiary/aromatic N) is 5. The van der Waals surface area contributed by atoms with Crippen LogP contribution in [0.5, 0.6) is 0 Å². The van der Waals surface area contributed by atoms with Crippen LogP contribution in [0.4, 0.5) is 18.9 Å². The molecule has 2 saturated heterocycles. The molecule has 0 saturated carbocycles. The van der Waals surface area contributed by atoms with Gasteiger partial charge in [-0.3, -0.25) is 19.5 Å². The van der Waals surface area contributed by atoms with Gasteiger partial charge in [0.2, 0.25) is 5.91 Å². The van der Waals surface area contributed by atoms with Crippen molar-refractivity contribution in [3.8, 4) is 0 Å². The molecule has 200 valence electrons. The van der Waals surface area contributed by atoms with Crippen LogP contribution in [0, 0.1) is 0 Å².